The molecule has 1 aliphatic heterocycles. The van der Waals surface area contributed by atoms with Gasteiger partial charge in [-0.05, 0) is 122 Å². The Labute approximate surface area is 330 Å². The molecule has 0 bridgehead atoms. The van der Waals surface area contributed by atoms with Crippen LogP contribution in [-0.4, -0.2) is 56.7 Å². The van der Waals surface area contributed by atoms with Crippen LogP contribution in [0.1, 0.15) is 131 Å². The van der Waals surface area contributed by atoms with Gasteiger partial charge in [-0.2, -0.15) is 0 Å². The molecule has 51 heavy (non-hydrogen) atoms. The third-order valence-corrected chi connectivity index (χ3v) is 14.3. The van der Waals surface area contributed by atoms with Gasteiger partial charge in [0.05, 0.1) is 6.10 Å². The number of ether oxygens (including phenoxy) is 1. The Bertz CT molecular complexity index is 1150. The van der Waals surface area contributed by atoms with Gasteiger partial charge in [0.1, 0.15) is 6.23 Å². The van der Waals surface area contributed by atoms with Crippen LogP contribution in [0.4, 0.5) is 4.53 Å². The topological polar surface area (TPSA) is 85.6 Å². The first-order valence-electron chi connectivity index (χ1n) is 20.4. The van der Waals surface area contributed by atoms with Crippen molar-refractivity contribution >= 4 is 39.6 Å². The van der Waals surface area contributed by atoms with Crippen LogP contribution in [0.15, 0.2) is 24.3 Å². The molecule has 0 spiro atoms. The predicted molar refractivity (Wildman–Crippen MR) is 219 cm³/mol. The molecule has 13 atom stereocenters. The Morgan fingerprint density at radius 1 is 1.04 bits per heavy atom. The van der Waals surface area contributed by atoms with Gasteiger partial charge in [0, 0.05) is 35.6 Å². The molecule has 4 aliphatic carbocycles. The van der Waals surface area contributed by atoms with Gasteiger partial charge >= 0.3 is 39.6 Å². The van der Waals surface area contributed by atoms with Crippen LogP contribution in [0, 0.1) is 52.3 Å². The van der Waals surface area contributed by atoms with E-state index < -0.39 is 0 Å². The van der Waals surface area contributed by atoms with Crippen LogP contribution < -0.4 is 16.4 Å². The third-order valence-electron chi connectivity index (χ3n) is 14.3. The number of hydrogen-bond donors (Lipinski definition) is 3. The van der Waals surface area contributed by atoms with E-state index in [1.165, 1.54) is 81.8 Å². The fraction of sp³-hybridized carbons (Fsp3) is 0.833. The first-order valence-corrected chi connectivity index (χ1v) is 25.6. The number of carbonyl (C=O) groups is 1. The van der Waals surface area contributed by atoms with Crippen molar-refractivity contribution in [2.75, 3.05) is 13.1 Å². The zero-order valence-corrected chi connectivity index (χ0v) is 37.0. The zero-order valence-electron chi connectivity index (χ0n) is 33.1. The standard InChI is InChI=1S/C39H65N3O.C2H6.CHFO2.ISe/c1-7-9-27-10-12-28(13-11-27)20-31(23-40)42-30-16-18-38(5)29(21-30)14-15-32-33(38)17-19-39(6)34(32)22-35-36(39)26(4)37(43-35)41-24-25(3)8-2;1-2;2-4-1-3;1-2/h10-13,25-26,29-37,41-42H,7-9,14-24,40H2,1-6H3;1-2H3;1H;/t25-,26-,29?,30?,31-,32+,33?,34?,35-,36?,37-,38-,39-;;;/m0.../s1. The Hall–Kier alpha value is -0.291. The molecule has 293 valence electrons. The molecule has 1 radical (unpaired) electrons. The number of rotatable bonds is 12. The van der Waals surface area contributed by atoms with E-state index in [4.69, 9.17) is 15.3 Å². The summed E-state index contributed by atoms with van der Waals surface area (Å²) in [5.41, 5.74) is 10.2. The van der Waals surface area contributed by atoms with Gasteiger partial charge in [0.15, 0.2) is 0 Å². The quantitative estimate of drug-likeness (QED) is 0.110. The van der Waals surface area contributed by atoms with E-state index in [0.29, 0.717) is 34.9 Å². The van der Waals surface area contributed by atoms with Gasteiger partial charge in [-0.25, -0.2) is 0 Å². The van der Waals surface area contributed by atoms with Crippen molar-refractivity contribution in [3.8, 4) is 0 Å². The molecule has 1 aromatic rings. The number of fused-ring (bicyclic) bond motifs is 7. The maximum atomic E-state index is 9.85. The van der Waals surface area contributed by atoms with Gasteiger partial charge in [-0.1, -0.05) is 92.5 Å². The van der Waals surface area contributed by atoms with Gasteiger partial charge in [-0.3, -0.25) is 15.1 Å². The second kappa shape index (κ2) is 21.7. The fourth-order valence-corrected chi connectivity index (χ4v) is 11.7. The van der Waals surface area contributed by atoms with Crippen molar-refractivity contribution in [3.05, 3.63) is 35.4 Å². The summed E-state index contributed by atoms with van der Waals surface area (Å²) < 4.78 is 16.7. The third kappa shape index (κ3) is 10.5. The summed E-state index contributed by atoms with van der Waals surface area (Å²) in [5, 5.41) is 7.90. The number of nitrogens with two attached hydrogens (primary N) is 1. The van der Waals surface area contributed by atoms with Crippen LogP contribution in [0.2, 0.25) is 0 Å². The number of halogens is 2. The van der Waals surface area contributed by atoms with Crippen molar-refractivity contribution in [2.45, 2.75) is 157 Å². The van der Waals surface area contributed by atoms with E-state index in [1.54, 1.807) is 0 Å². The second-order valence-corrected chi connectivity index (χ2v) is 16.9. The molecule has 5 unspecified atom stereocenters. The first-order chi connectivity index (χ1) is 24.6. The predicted octanol–water partition coefficient (Wildman–Crippen LogP) is 9.31. The Morgan fingerprint density at radius 3 is 2.29 bits per heavy atom. The molecule has 4 saturated carbocycles. The number of nitrogens with one attached hydrogen (secondary N) is 2. The molecule has 0 amide bonds. The normalized spacial score (nSPS) is 37.2. The number of hydrogen-bond acceptors (Lipinski definition) is 6. The molecule has 5 aliphatic rings. The van der Waals surface area contributed by atoms with Crippen LogP contribution in [-0.2, 0) is 27.3 Å². The average Bonchev–Trinajstić information content (AvgIpc) is 3.65. The van der Waals surface area contributed by atoms with E-state index in [9.17, 15) is 4.53 Å². The Balaban J connectivity index is 0.000000809. The zero-order chi connectivity index (χ0) is 37.8. The van der Waals surface area contributed by atoms with Crippen molar-refractivity contribution in [1.29, 1.82) is 0 Å². The van der Waals surface area contributed by atoms with Gasteiger partial charge in [-0.15, -0.1) is 0 Å². The van der Waals surface area contributed by atoms with Gasteiger partial charge < -0.3 is 15.8 Å². The summed E-state index contributed by atoms with van der Waals surface area (Å²) in [6.07, 6.45) is 16.5. The van der Waals surface area contributed by atoms with Crippen LogP contribution in [0.5, 0.6) is 0 Å². The summed E-state index contributed by atoms with van der Waals surface area (Å²) in [4.78, 5) is 10.9. The van der Waals surface area contributed by atoms with Gasteiger partial charge in [0.2, 0.25) is 0 Å². The molecule has 6 rings (SSSR count). The summed E-state index contributed by atoms with van der Waals surface area (Å²) in [5.74, 6) is 5.61. The minimum absolute atomic E-state index is 0.258. The van der Waals surface area contributed by atoms with Crippen LogP contribution >= 0.6 is 20.3 Å². The van der Waals surface area contributed by atoms with E-state index in [2.05, 4.69) is 94.1 Å². The fourth-order valence-electron chi connectivity index (χ4n) is 11.7. The summed E-state index contributed by atoms with van der Waals surface area (Å²) in [6.45, 7) is 20.3. The minimum atomic E-state index is -0.292. The molecule has 4 N–H and O–H groups in total. The molecular formula is C42H72FIN3O3Se. The van der Waals surface area contributed by atoms with Crippen molar-refractivity contribution in [2.24, 2.45) is 58.0 Å². The van der Waals surface area contributed by atoms with Gasteiger partial charge in [0.25, 0.3) is 0 Å². The van der Waals surface area contributed by atoms with Crippen molar-refractivity contribution in [1.82, 2.24) is 10.6 Å². The Morgan fingerprint density at radius 2 is 1.69 bits per heavy atom. The summed E-state index contributed by atoms with van der Waals surface area (Å²) in [6, 6.07) is 10.3. The van der Waals surface area contributed by atoms with E-state index in [1.807, 2.05) is 34.2 Å². The van der Waals surface area contributed by atoms with Crippen LogP contribution in [0.25, 0.3) is 0 Å². The second-order valence-electron chi connectivity index (χ2n) is 16.9. The van der Waals surface area contributed by atoms with E-state index >= 15 is 0 Å². The maximum absolute atomic E-state index is 9.85. The Kier molecular flexibility index (Phi) is 19.2. The first kappa shape index (κ1) is 45.1. The molecule has 0 aromatic heterocycles. The monoisotopic (exact) mass is 892 g/mol. The number of benzene rings is 1. The number of aryl methyl sites for hydroxylation is 1. The average molecular weight is 892 g/mol. The molecule has 1 heterocycles. The van der Waals surface area contributed by atoms with E-state index in [-0.39, 0.29) is 12.7 Å². The van der Waals surface area contributed by atoms with Crippen molar-refractivity contribution < 1.29 is 19.0 Å². The van der Waals surface area contributed by atoms with Crippen molar-refractivity contribution in [3.63, 3.8) is 0 Å². The molecule has 1 saturated heterocycles. The van der Waals surface area contributed by atoms with E-state index in [0.717, 1.165) is 55.0 Å². The molecule has 6 nitrogen and oxygen atoms in total. The number of carbonyl (C=O) groups excluding carboxylic acids is 1. The molecular weight excluding hydrogens is 819 g/mol. The molecule has 9 heteroatoms. The van der Waals surface area contributed by atoms with Crippen LogP contribution in [0.3, 0.4) is 0 Å². The molecule has 5 fully saturated rings. The SMILES string of the molecule is CC.CCCc1ccc(C[C@@H](CN)NC2CC[C@@]3(C)C(CC[C@@H]4C3CC[C@@]3(C)C4C[C@@H]4O[C@H](NC[C@@H](C)CC)[C@@H](C)C43)C2)cc1.O=COF.[Se]I. The molecule has 1 aromatic carbocycles. The summed E-state index contributed by atoms with van der Waals surface area (Å²) >= 11 is 4.62. The summed E-state index contributed by atoms with van der Waals surface area (Å²) in [7, 11) is 0.